The quantitative estimate of drug-likeness (QED) is 0.0903. The number of carbonyl (C=O) groups excluding carboxylic acids is 2. The van der Waals surface area contributed by atoms with Crippen LogP contribution in [-0.2, 0) is 0 Å². The number of hydrogen-bond acceptors (Lipinski definition) is 7. The zero-order chi connectivity index (χ0) is 27.5. The Bertz CT molecular complexity index is 1410. The molecule has 0 aliphatic carbocycles. The molecule has 4 aromatic rings. The van der Waals surface area contributed by atoms with E-state index in [0.29, 0.717) is 28.2 Å². The smallest absolute Gasteiger partial charge is 0.269 e. The van der Waals surface area contributed by atoms with Crippen molar-refractivity contribution in [1.82, 2.24) is 0 Å². The number of nitrogens with two attached hydrogens (primary N) is 1. The fraction of sp³-hybridized carbons (Fsp3) is 0.0714. The van der Waals surface area contributed by atoms with E-state index < -0.39 is 4.92 Å². The molecule has 0 saturated carbocycles. The van der Waals surface area contributed by atoms with Crippen LogP contribution in [0.15, 0.2) is 107 Å². The highest BCUT2D eigenvalue weighted by Crippen LogP contribution is 2.43. The van der Waals surface area contributed by atoms with Crippen LogP contribution >= 0.6 is 21.6 Å². The summed E-state index contributed by atoms with van der Waals surface area (Å²) in [6, 6.07) is 26.8. The van der Waals surface area contributed by atoms with Crippen LogP contribution in [0.1, 0.15) is 34.6 Å². The number of carbonyl (C=O) groups is 2. The van der Waals surface area contributed by atoms with Crippen LogP contribution in [0.5, 0.6) is 0 Å². The number of para-hydroxylation sites is 2. The third-order valence-electron chi connectivity index (χ3n) is 5.00. The van der Waals surface area contributed by atoms with Gasteiger partial charge in [0.05, 0.1) is 16.3 Å². The lowest BCUT2D eigenvalue weighted by Gasteiger charge is -2.13. The number of rotatable bonds is 8. The molecule has 0 bridgehead atoms. The Morgan fingerprint density at radius 1 is 0.684 bits per heavy atom. The molecule has 0 heterocycles. The van der Waals surface area contributed by atoms with Crippen molar-refractivity contribution >= 4 is 56.2 Å². The lowest BCUT2D eigenvalue weighted by molar-refractivity contribution is -0.384. The molecule has 2 amide bonds. The van der Waals surface area contributed by atoms with Crippen molar-refractivity contribution in [2.24, 2.45) is 0 Å². The second-order valence-corrected chi connectivity index (χ2v) is 9.71. The molecule has 0 aliphatic heterocycles. The van der Waals surface area contributed by atoms with E-state index in [4.69, 9.17) is 5.73 Å². The molecule has 4 aromatic carbocycles. The summed E-state index contributed by atoms with van der Waals surface area (Å²) < 4.78 is 0. The number of nitro groups is 1. The van der Waals surface area contributed by atoms with Crippen molar-refractivity contribution in [3.63, 3.8) is 0 Å². The van der Waals surface area contributed by atoms with Crippen molar-refractivity contribution in [2.45, 2.75) is 23.6 Å². The highest BCUT2D eigenvalue weighted by Gasteiger charge is 2.14. The summed E-state index contributed by atoms with van der Waals surface area (Å²) in [5.41, 5.74) is 8.26. The Kier molecular flexibility index (Phi) is 10.3. The Morgan fingerprint density at radius 3 is 1.50 bits per heavy atom. The molecular formula is C28H26N4O4S2. The zero-order valence-electron chi connectivity index (χ0n) is 20.7. The summed E-state index contributed by atoms with van der Waals surface area (Å²) in [5, 5.41) is 16.6. The lowest BCUT2D eigenvalue weighted by atomic mass is 10.2. The molecule has 0 radical (unpaired) electrons. The molecule has 0 aromatic heterocycles. The number of anilines is 3. The first-order valence-electron chi connectivity index (χ1n) is 11.7. The molecule has 4 rings (SSSR count). The second-order valence-electron chi connectivity index (χ2n) is 7.49. The van der Waals surface area contributed by atoms with Crippen molar-refractivity contribution < 1.29 is 14.5 Å². The van der Waals surface area contributed by atoms with Gasteiger partial charge in [-0.2, -0.15) is 0 Å². The average molecular weight is 547 g/mol. The molecular weight excluding hydrogens is 520 g/mol. The Balaban J connectivity index is 0.00000195. The van der Waals surface area contributed by atoms with E-state index >= 15 is 0 Å². The molecule has 0 spiro atoms. The summed E-state index contributed by atoms with van der Waals surface area (Å²) >= 11 is 0. The Morgan fingerprint density at radius 2 is 1.08 bits per heavy atom. The maximum atomic E-state index is 12.7. The third-order valence-corrected chi connectivity index (χ3v) is 7.49. The largest absolute Gasteiger partial charge is 0.399 e. The lowest BCUT2D eigenvalue weighted by Crippen LogP contribution is -2.12. The van der Waals surface area contributed by atoms with Gasteiger partial charge in [0, 0.05) is 38.7 Å². The fourth-order valence-electron chi connectivity index (χ4n) is 3.13. The van der Waals surface area contributed by atoms with E-state index in [1.165, 1.54) is 45.9 Å². The Labute approximate surface area is 228 Å². The predicted octanol–water partition coefficient (Wildman–Crippen LogP) is 7.51. The van der Waals surface area contributed by atoms with Crippen LogP contribution in [0.4, 0.5) is 22.7 Å². The molecule has 0 fully saturated rings. The van der Waals surface area contributed by atoms with Crippen LogP contribution in [0, 0.1) is 10.1 Å². The number of non-ortho nitro benzene ring substituents is 1. The van der Waals surface area contributed by atoms with Crippen molar-refractivity contribution in [2.75, 3.05) is 16.4 Å². The molecule has 4 N–H and O–H groups in total. The van der Waals surface area contributed by atoms with Gasteiger partial charge >= 0.3 is 0 Å². The summed E-state index contributed by atoms with van der Waals surface area (Å²) in [5.74, 6) is -0.622. The number of nitrogen functional groups attached to an aromatic ring is 1. The van der Waals surface area contributed by atoms with Crippen LogP contribution < -0.4 is 16.4 Å². The van der Waals surface area contributed by atoms with Crippen molar-refractivity contribution in [3.8, 4) is 0 Å². The molecule has 38 heavy (non-hydrogen) atoms. The van der Waals surface area contributed by atoms with Gasteiger partial charge in [-0.3, -0.25) is 19.7 Å². The van der Waals surface area contributed by atoms with E-state index in [2.05, 4.69) is 10.6 Å². The number of benzene rings is 4. The second kappa shape index (κ2) is 13.9. The molecule has 0 unspecified atom stereocenters. The van der Waals surface area contributed by atoms with Gasteiger partial charge in [0.2, 0.25) is 0 Å². The Hall–Kier alpha value is -4.28. The van der Waals surface area contributed by atoms with Gasteiger partial charge in [-0.1, -0.05) is 59.7 Å². The minimum absolute atomic E-state index is 0.0824. The van der Waals surface area contributed by atoms with Gasteiger partial charge in [-0.25, -0.2) is 0 Å². The first kappa shape index (κ1) is 28.3. The monoisotopic (exact) mass is 546 g/mol. The fourth-order valence-corrected chi connectivity index (χ4v) is 5.41. The minimum Gasteiger partial charge on any atom is -0.399 e. The van der Waals surface area contributed by atoms with Gasteiger partial charge in [0.1, 0.15) is 0 Å². The molecule has 194 valence electrons. The summed E-state index contributed by atoms with van der Waals surface area (Å²) in [4.78, 5) is 37.3. The molecule has 8 nitrogen and oxygen atoms in total. The van der Waals surface area contributed by atoms with Crippen LogP contribution in [0.2, 0.25) is 0 Å². The highest BCUT2D eigenvalue weighted by molar-refractivity contribution is 8.76. The predicted molar refractivity (Wildman–Crippen MR) is 156 cm³/mol. The first-order chi connectivity index (χ1) is 18.4. The van der Waals surface area contributed by atoms with Gasteiger partial charge in [0.25, 0.3) is 17.5 Å². The summed E-state index contributed by atoms with van der Waals surface area (Å²) in [6.07, 6.45) is 0. The van der Waals surface area contributed by atoms with Gasteiger partial charge in [-0.15, -0.1) is 0 Å². The van der Waals surface area contributed by atoms with E-state index in [1.54, 1.807) is 36.4 Å². The number of nitro benzene ring substituents is 1. The first-order valence-corrected chi connectivity index (χ1v) is 13.8. The molecule has 0 atom stereocenters. The number of nitrogens with zero attached hydrogens (tertiary/aromatic N) is 1. The van der Waals surface area contributed by atoms with Gasteiger partial charge in [-0.05, 0) is 60.7 Å². The SMILES string of the molecule is CC.Nc1ccc(C(=O)Nc2ccccc2SSc2ccccc2NC(=O)c2ccc([N+](=O)[O-])cc2)cc1. The van der Waals surface area contributed by atoms with Crippen molar-refractivity contribution in [3.05, 3.63) is 118 Å². The zero-order valence-corrected chi connectivity index (χ0v) is 22.3. The maximum absolute atomic E-state index is 12.7. The summed E-state index contributed by atoms with van der Waals surface area (Å²) in [6.45, 7) is 4.00. The third kappa shape index (κ3) is 7.61. The molecule has 0 aliphatic rings. The van der Waals surface area contributed by atoms with E-state index in [0.717, 1.165) is 9.79 Å². The number of hydrogen-bond donors (Lipinski definition) is 3. The van der Waals surface area contributed by atoms with E-state index in [-0.39, 0.29) is 17.5 Å². The normalized spacial score (nSPS) is 10.1. The van der Waals surface area contributed by atoms with Crippen LogP contribution in [0.3, 0.4) is 0 Å². The number of nitrogens with one attached hydrogen (secondary N) is 2. The van der Waals surface area contributed by atoms with Crippen molar-refractivity contribution in [1.29, 1.82) is 0 Å². The van der Waals surface area contributed by atoms with Gasteiger partial charge in [0.15, 0.2) is 0 Å². The van der Waals surface area contributed by atoms with Crippen LogP contribution in [-0.4, -0.2) is 16.7 Å². The van der Waals surface area contributed by atoms with E-state index in [9.17, 15) is 19.7 Å². The minimum atomic E-state index is -0.513. The average Bonchev–Trinajstić information content (AvgIpc) is 2.94. The van der Waals surface area contributed by atoms with Gasteiger partial charge < -0.3 is 16.4 Å². The molecule has 10 heteroatoms. The van der Waals surface area contributed by atoms with Crippen LogP contribution in [0.25, 0.3) is 0 Å². The summed E-state index contributed by atoms with van der Waals surface area (Å²) in [7, 11) is 2.87. The standard InChI is InChI=1S/C26H20N4O4S2.C2H6/c27-19-13-9-17(10-14-19)25(31)28-21-5-1-3-7-23(21)35-36-24-8-4-2-6-22(24)29-26(32)18-11-15-20(16-12-18)30(33)34;1-2/h1-16H,27H2,(H,28,31)(H,29,32);1-2H3. The van der Waals surface area contributed by atoms with E-state index in [1.807, 2.05) is 50.2 Å². The molecule has 0 saturated heterocycles. The maximum Gasteiger partial charge on any atom is 0.269 e. The highest BCUT2D eigenvalue weighted by atomic mass is 33.1. The topological polar surface area (TPSA) is 127 Å². The number of amides is 2.